The molecule has 0 fully saturated rings. The maximum atomic E-state index is 9.29. The van der Waals surface area contributed by atoms with Gasteiger partial charge >= 0.3 is 0 Å². The summed E-state index contributed by atoms with van der Waals surface area (Å²) in [7, 11) is -0.0814. The molecule has 0 saturated carbocycles. The highest BCUT2D eigenvalue weighted by Crippen LogP contribution is 2.40. The van der Waals surface area contributed by atoms with Crippen molar-refractivity contribution >= 4 is 8.32 Å². The Kier molecular flexibility index (Phi) is 9.45. The van der Waals surface area contributed by atoms with Crippen LogP contribution in [0.1, 0.15) is 60.8 Å². The summed E-state index contributed by atoms with van der Waals surface area (Å²) in [5.74, 6) is 0.790. The predicted molar refractivity (Wildman–Crippen MR) is 97.8 cm³/mol. The number of aliphatic hydroxyl groups excluding tert-OH is 1. The zero-order valence-electron chi connectivity index (χ0n) is 16.4. The second-order valence-electron chi connectivity index (χ2n) is 8.25. The van der Waals surface area contributed by atoms with Crippen LogP contribution in [-0.4, -0.2) is 39.3 Å². The summed E-state index contributed by atoms with van der Waals surface area (Å²) in [6.07, 6.45) is 3.26. The Morgan fingerprint density at radius 1 is 1.09 bits per heavy atom. The van der Waals surface area contributed by atoms with Crippen LogP contribution < -0.4 is 0 Å². The minimum atomic E-state index is -1.82. The lowest BCUT2D eigenvalue weighted by Gasteiger charge is -2.44. The third-order valence-corrected chi connectivity index (χ3v) is 9.84. The standard InChI is InChI=1S/C18H40O3Si/c1-10-11-14(2)17(15(3)16(20-7)12-13-19)21-22(8,9)18(4,5)6/h14-17,19H,10-13H2,1-9H3/t14-,15-,16-,17+/m0/s1. The van der Waals surface area contributed by atoms with Gasteiger partial charge in [-0.1, -0.05) is 48.0 Å². The van der Waals surface area contributed by atoms with E-state index in [0.717, 1.165) is 0 Å². The predicted octanol–water partition coefficient (Wildman–Crippen LogP) is 4.85. The van der Waals surface area contributed by atoms with Gasteiger partial charge in [0.25, 0.3) is 0 Å². The van der Waals surface area contributed by atoms with E-state index in [1.54, 1.807) is 7.11 Å². The fraction of sp³-hybridized carbons (Fsp3) is 1.00. The van der Waals surface area contributed by atoms with Gasteiger partial charge in [-0.25, -0.2) is 0 Å². The molecular weight excluding hydrogens is 292 g/mol. The van der Waals surface area contributed by atoms with Crippen LogP contribution in [-0.2, 0) is 9.16 Å². The van der Waals surface area contributed by atoms with Crippen molar-refractivity contribution in [2.24, 2.45) is 11.8 Å². The van der Waals surface area contributed by atoms with E-state index in [9.17, 15) is 5.11 Å². The topological polar surface area (TPSA) is 38.7 Å². The summed E-state index contributed by atoms with van der Waals surface area (Å²) in [5, 5.41) is 9.49. The minimum absolute atomic E-state index is 0.0547. The Morgan fingerprint density at radius 3 is 2.00 bits per heavy atom. The van der Waals surface area contributed by atoms with Crippen molar-refractivity contribution in [2.45, 2.75) is 91.1 Å². The maximum Gasteiger partial charge on any atom is 0.192 e. The second kappa shape index (κ2) is 9.41. The lowest BCUT2D eigenvalue weighted by atomic mass is 9.86. The van der Waals surface area contributed by atoms with Gasteiger partial charge in [0, 0.05) is 19.6 Å². The van der Waals surface area contributed by atoms with E-state index >= 15 is 0 Å². The lowest BCUT2D eigenvalue weighted by Crippen LogP contribution is -2.49. The van der Waals surface area contributed by atoms with Crippen molar-refractivity contribution in [3.8, 4) is 0 Å². The first-order valence-electron chi connectivity index (χ1n) is 8.83. The van der Waals surface area contributed by atoms with Crippen molar-refractivity contribution in [1.82, 2.24) is 0 Å². The van der Waals surface area contributed by atoms with E-state index in [2.05, 4.69) is 54.6 Å². The van der Waals surface area contributed by atoms with Gasteiger partial charge in [0.1, 0.15) is 0 Å². The molecule has 0 rings (SSSR count). The lowest BCUT2D eigenvalue weighted by molar-refractivity contribution is -0.0314. The van der Waals surface area contributed by atoms with E-state index < -0.39 is 8.32 Å². The molecule has 0 aliphatic heterocycles. The highest BCUT2D eigenvalue weighted by Gasteiger charge is 2.42. The number of hydrogen-bond acceptors (Lipinski definition) is 3. The van der Waals surface area contributed by atoms with Gasteiger partial charge in [-0.15, -0.1) is 0 Å². The van der Waals surface area contributed by atoms with E-state index in [1.807, 2.05) is 0 Å². The monoisotopic (exact) mass is 332 g/mol. The molecule has 1 N–H and O–H groups in total. The number of hydrogen-bond donors (Lipinski definition) is 1. The fourth-order valence-corrected chi connectivity index (χ4v) is 4.29. The molecule has 0 aliphatic rings. The highest BCUT2D eigenvalue weighted by atomic mass is 28.4. The molecule has 0 aliphatic carbocycles. The SMILES string of the molecule is CCC[C@H](C)[C@@H](O[Si](C)(C)C(C)(C)C)[C@@H](C)[C@H](CCO)OC. The number of ether oxygens (including phenoxy) is 1. The van der Waals surface area contributed by atoms with E-state index in [0.29, 0.717) is 12.3 Å². The van der Waals surface area contributed by atoms with E-state index in [1.165, 1.54) is 12.8 Å². The van der Waals surface area contributed by atoms with Gasteiger partial charge in [0.05, 0.1) is 12.2 Å². The van der Waals surface area contributed by atoms with Crippen LogP contribution in [0, 0.1) is 11.8 Å². The first-order valence-corrected chi connectivity index (χ1v) is 11.7. The molecule has 0 spiro atoms. The van der Waals surface area contributed by atoms with Gasteiger partial charge in [-0.3, -0.25) is 0 Å². The van der Waals surface area contributed by atoms with Gasteiger partial charge in [0.2, 0.25) is 0 Å². The number of aliphatic hydroxyl groups is 1. The molecule has 0 unspecified atom stereocenters. The Balaban J connectivity index is 5.28. The highest BCUT2D eigenvalue weighted by molar-refractivity contribution is 6.74. The van der Waals surface area contributed by atoms with Crippen molar-refractivity contribution in [3.05, 3.63) is 0 Å². The van der Waals surface area contributed by atoms with Crippen molar-refractivity contribution < 1.29 is 14.3 Å². The van der Waals surface area contributed by atoms with Gasteiger partial charge in [-0.05, 0) is 36.9 Å². The number of rotatable bonds is 10. The molecule has 0 amide bonds. The summed E-state index contributed by atoms with van der Waals surface area (Å²) in [6, 6.07) is 0. The molecule has 0 aromatic rings. The minimum Gasteiger partial charge on any atom is -0.413 e. The van der Waals surface area contributed by atoms with Crippen LogP contribution in [0.2, 0.25) is 18.1 Å². The summed E-state index contributed by atoms with van der Waals surface area (Å²) in [5.41, 5.74) is 0. The molecule has 4 atom stereocenters. The maximum absolute atomic E-state index is 9.29. The van der Waals surface area contributed by atoms with Crippen molar-refractivity contribution in [2.75, 3.05) is 13.7 Å². The molecule has 0 saturated heterocycles. The molecular formula is C18H40O3Si. The molecule has 22 heavy (non-hydrogen) atoms. The first kappa shape index (κ1) is 22.1. The van der Waals surface area contributed by atoms with Crippen LogP contribution in [0.25, 0.3) is 0 Å². The first-order chi connectivity index (χ1) is 10.0. The quantitative estimate of drug-likeness (QED) is 0.581. The zero-order chi connectivity index (χ0) is 17.6. The van der Waals surface area contributed by atoms with Crippen LogP contribution in [0.15, 0.2) is 0 Å². The summed E-state index contributed by atoms with van der Waals surface area (Å²) in [6.45, 7) is 18.4. The van der Waals surface area contributed by atoms with E-state index in [4.69, 9.17) is 9.16 Å². The zero-order valence-corrected chi connectivity index (χ0v) is 17.4. The summed E-state index contributed by atoms with van der Waals surface area (Å²) < 4.78 is 12.4. The van der Waals surface area contributed by atoms with Gasteiger partial charge in [-0.2, -0.15) is 0 Å². The largest absolute Gasteiger partial charge is 0.413 e. The van der Waals surface area contributed by atoms with Crippen LogP contribution in [0.4, 0.5) is 0 Å². The summed E-state index contributed by atoms with van der Waals surface area (Å²) >= 11 is 0. The summed E-state index contributed by atoms with van der Waals surface area (Å²) in [4.78, 5) is 0. The normalized spacial score (nSPS) is 18.8. The third kappa shape index (κ3) is 6.30. The molecule has 3 nitrogen and oxygen atoms in total. The van der Waals surface area contributed by atoms with Gasteiger partial charge in [0.15, 0.2) is 8.32 Å². The van der Waals surface area contributed by atoms with Gasteiger partial charge < -0.3 is 14.3 Å². The van der Waals surface area contributed by atoms with Crippen LogP contribution in [0.3, 0.4) is 0 Å². The number of methoxy groups -OCH3 is 1. The smallest absolute Gasteiger partial charge is 0.192 e. The second-order valence-corrected chi connectivity index (χ2v) is 13.0. The Labute approximate surface area is 139 Å². The average Bonchev–Trinajstić information content (AvgIpc) is 2.40. The Hall–Kier alpha value is 0.0969. The molecule has 0 aromatic heterocycles. The molecule has 134 valence electrons. The van der Waals surface area contributed by atoms with Crippen LogP contribution in [0.5, 0.6) is 0 Å². The fourth-order valence-electron chi connectivity index (χ4n) is 2.81. The van der Waals surface area contributed by atoms with Crippen molar-refractivity contribution in [3.63, 3.8) is 0 Å². The Bertz CT molecular complexity index is 299. The van der Waals surface area contributed by atoms with Crippen LogP contribution >= 0.6 is 0 Å². The third-order valence-electron chi connectivity index (χ3n) is 5.36. The molecule has 0 radical (unpaired) electrons. The average molecular weight is 333 g/mol. The van der Waals surface area contributed by atoms with E-state index in [-0.39, 0.29) is 29.8 Å². The molecule has 4 heteroatoms. The molecule has 0 aromatic carbocycles. The molecule has 0 heterocycles. The molecule has 0 bridgehead atoms. The van der Waals surface area contributed by atoms with Crippen molar-refractivity contribution in [1.29, 1.82) is 0 Å². The Morgan fingerprint density at radius 2 is 1.64 bits per heavy atom.